The minimum atomic E-state index is 0.301. The van der Waals surface area contributed by atoms with Crippen LogP contribution in [0.2, 0.25) is 0 Å². The molecule has 0 bridgehead atoms. The quantitative estimate of drug-likeness (QED) is 0.867. The lowest BCUT2D eigenvalue weighted by Crippen LogP contribution is -2.37. The molecule has 0 fully saturated rings. The number of hydrogen-bond acceptors (Lipinski definition) is 3. The summed E-state index contributed by atoms with van der Waals surface area (Å²) in [7, 11) is 4.27. The molecule has 0 unspecified atom stereocenters. The fourth-order valence-corrected chi connectivity index (χ4v) is 3.58. The Balaban J connectivity index is 1.92. The van der Waals surface area contributed by atoms with Gasteiger partial charge in [-0.05, 0) is 41.9 Å². The van der Waals surface area contributed by atoms with E-state index in [0.717, 1.165) is 19.6 Å². The lowest BCUT2D eigenvalue weighted by atomic mass is 9.93. The molecule has 1 aromatic carbocycles. The van der Waals surface area contributed by atoms with Crippen LogP contribution in [0.5, 0.6) is 0 Å². The molecule has 0 spiro atoms. The summed E-state index contributed by atoms with van der Waals surface area (Å²) in [5, 5.41) is 7.27. The highest BCUT2D eigenvalue weighted by molar-refractivity contribution is 7.17. The predicted molar refractivity (Wildman–Crippen MR) is 85.9 cm³/mol. The summed E-state index contributed by atoms with van der Waals surface area (Å²) in [6.07, 6.45) is 0. The van der Waals surface area contributed by atoms with Crippen molar-refractivity contribution in [1.29, 1.82) is 0 Å². The molecule has 0 saturated carbocycles. The first-order valence-corrected chi connectivity index (χ1v) is 7.66. The Bertz CT molecular complexity index is 528. The van der Waals surface area contributed by atoms with Crippen molar-refractivity contribution in [2.24, 2.45) is 5.41 Å². The fourth-order valence-electron chi connectivity index (χ4n) is 2.62. The summed E-state index contributed by atoms with van der Waals surface area (Å²) in [6, 6.07) is 8.64. The Labute approximate surface area is 120 Å². The zero-order valence-electron chi connectivity index (χ0n) is 12.4. The molecule has 0 saturated heterocycles. The second-order valence-corrected chi connectivity index (χ2v) is 7.17. The first-order chi connectivity index (χ1) is 8.98. The van der Waals surface area contributed by atoms with Gasteiger partial charge >= 0.3 is 0 Å². The summed E-state index contributed by atoms with van der Waals surface area (Å²) in [5.74, 6) is 0. The molecule has 0 atom stereocenters. The maximum absolute atomic E-state index is 3.61. The molecule has 0 aliphatic rings. The van der Waals surface area contributed by atoms with Crippen molar-refractivity contribution in [3.8, 4) is 0 Å². The van der Waals surface area contributed by atoms with Crippen LogP contribution in [-0.4, -0.2) is 32.1 Å². The third kappa shape index (κ3) is 4.03. The first kappa shape index (κ1) is 14.5. The van der Waals surface area contributed by atoms with Crippen LogP contribution in [0.4, 0.5) is 0 Å². The molecule has 0 radical (unpaired) electrons. The maximum atomic E-state index is 3.61. The third-order valence-corrected chi connectivity index (χ3v) is 4.24. The number of benzene rings is 1. The van der Waals surface area contributed by atoms with Gasteiger partial charge in [0.1, 0.15) is 0 Å². The minimum absolute atomic E-state index is 0.301. The molecule has 0 amide bonds. The number of thiophene rings is 1. The van der Waals surface area contributed by atoms with E-state index in [-0.39, 0.29) is 0 Å². The van der Waals surface area contributed by atoms with E-state index in [1.807, 2.05) is 11.3 Å². The van der Waals surface area contributed by atoms with Crippen molar-refractivity contribution in [2.45, 2.75) is 20.4 Å². The van der Waals surface area contributed by atoms with Gasteiger partial charge in [0.15, 0.2) is 0 Å². The summed E-state index contributed by atoms with van der Waals surface area (Å²) in [5.41, 5.74) is 1.72. The number of hydrogen-bond donors (Lipinski definition) is 1. The highest BCUT2D eigenvalue weighted by atomic mass is 32.1. The monoisotopic (exact) mass is 276 g/mol. The molecule has 0 aliphatic heterocycles. The molecule has 19 heavy (non-hydrogen) atoms. The average molecular weight is 276 g/mol. The van der Waals surface area contributed by atoms with Crippen molar-refractivity contribution < 1.29 is 0 Å². The Hall–Kier alpha value is -0.900. The lowest BCUT2D eigenvalue weighted by Gasteiger charge is -2.28. The summed E-state index contributed by atoms with van der Waals surface area (Å²) in [6.45, 7) is 7.72. The summed E-state index contributed by atoms with van der Waals surface area (Å²) < 4.78 is 1.38. The summed E-state index contributed by atoms with van der Waals surface area (Å²) >= 11 is 1.83. The van der Waals surface area contributed by atoms with Crippen LogP contribution in [0, 0.1) is 5.41 Å². The van der Waals surface area contributed by atoms with E-state index in [9.17, 15) is 0 Å². The second kappa shape index (κ2) is 6.04. The Morgan fingerprint density at radius 1 is 1.21 bits per heavy atom. The molecule has 2 nitrogen and oxygen atoms in total. The third-order valence-electron chi connectivity index (χ3n) is 3.22. The predicted octanol–water partition coefficient (Wildman–Crippen LogP) is 3.58. The van der Waals surface area contributed by atoms with Gasteiger partial charge in [-0.25, -0.2) is 0 Å². The number of nitrogens with zero attached hydrogens (tertiary/aromatic N) is 1. The van der Waals surface area contributed by atoms with E-state index in [0.29, 0.717) is 5.41 Å². The van der Waals surface area contributed by atoms with E-state index in [1.54, 1.807) is 0 Å². The van der Waals surface area contributed by atoms with Gasteiger partial charge < -0.3 is 10.2 Å². The van der Waals surface area contributed by atoms with E-state index >= 15 is 0 Å². The molecule has 1 aromatic heterocycles. The molecule has 1 heterocycles. The highest BCUT2D eigenvalue weighted by Gasteiger charge is 2.18. The maximum Gasteiger partial charge on any atom is 0.0346 e. The standard InChI is InChI=1S/C16H24N2S/c1-16(2,12-18(3)4)11-17-9-13-10-19-15-8-6-5-7-14(13)15/h5-8,10,17H,9,11-12H2,1-4H3. The number of fused-ring (bicyclic) bond motifs is 1. The molecule has 2 rings (SSSR count). The van der Waals surface area contributed by atoms with E-state index in [1.165, 1.54) is 15.6 Å². The van der Waals surface area contributed by atoms with E-state index < -0.39 is 0 Å². The molecule has 1 N–H and O–H groups in total. The topological polar surface area (TPSA) is 15.3 Å². The van der Waals surface area contributed by atoms with Crippen molar-refractivity contribution in [3.63, 3.8) is 0 Å². The van der Waals surface area contributed by atoms with Gasteiger partial charge in [-0.15, -0.1) is 11.3 Å². The highest BCUT2D eigenvalue weighted by Crippen LogP contribution is 2.25. The van der Waals surface area contributed by atoms with Gasteiger partial charge in [0, 0.05) is 24.3 Å². The normalized spacial score (nSPS) is 12.5. The lowest BCUT2D eigenvalue weighted by molar-refractivity contribution is 0.232. The smallest absolute Gasteiger partial charge is 0.0346 e. The molecular weight excluding hydrogens is 252 g/mol. The van der Waals surface area contributed by atoms with Crippen molar-refractivity contribution >= 4 is 21.4 Å². The Morgan fingerprint density at radius 2 is 1.95 bits per heavy atom. The van der Waals surface area contributed by atoms with Gasteiger partial charge in [0.25, 0.3) is 0 Å². The van der Waals surface area contributed by atoms with Crippen LogP contribution in [0.3, 0.4) is 0 Å². The van der Waals surface area contributed by atoms with E-state index in [2.05, 4.69) is 67.8 Å². The van der Waals surface area contributed by atoms with Crippen molar-refractivity contribution in [3.05, 3.63) is 35.2 Å². The molecule has 3 heteroatoms. The molecule has 0 aliphatic carbocycles. The van der Waals surface area contributed by atoms with Gasteiger partial charge in [-0.3, -0.25) is 0 Å². The van der Waals surface area contributed by atoms with Crippen LogP contribution in [-0.2, 0) is 6.54 Å². The van der Waals surface area contributed by atoms with Crippen LogP contribution in [0.25, 0.3) is 10.1 Å². The summed E-state index contributed by atoms with van der Waals surface area (Å²) in [4.78, 5) is 2.25. The Morgan fingerprint density at radius 3 is 2.68 bits per heavy atom. The van der Waals surface area contributed by atoms with Crippen molar-refractivity contribution in [1.82, 2.24) is 10.2 Å². The average Bonchev–Trinajstić information content (AvgIpc) is 2.71. The van der Waals surface area contributed by atoms with Crippen molar-refractivity contribution in [2.75, 3.05) is 27.2 Å². The van der Waals surface area contributed by atoms with Gasteiger partial charge in [0.05, 0.1) is 0 Å². The van der Waals surface area contributed by atoms with Crippen LogP contribution in [0.1, 0.15) is 19.4 Å². The minimum Gasteiger partial charge on any atom is -0.312 e. The molecule has 104 valence electrons. The largest absolute Gasteiger partial charge is 0.312 e. The molecular formula is C16H24N2S. The molecule has 2 aromatic rings. The van der Waals surface area contributed by atoms with Gasteiger partial charge in [-0.1, -0.05) is 32.0 Å². The van der Waals surface area contributed by atoms with E-state index in [4.69, 9.17) is 0 Å². The first-order valence-electron chi connectivity index (χ1n) is 6.78. The zero-order valence-corrected chi connectivity index (χ0v) is 13.2. The van der Waals surface area contributed by atoms with Gasteiger partial charge in [-0.2, -0.15) is 0 Å². The SMILES string of the molecule is CN(C)CC(C)(C)CNCc1csc2ccccc12. The second-order valence-electron chi connectivity index (χ2n) is 6.26. The van der Waals surface area contributed by atoms with Crippen LogP contribution in [0.15, 0.2) is 29.6 Å². The van der Waals surface area contributed by atoms with Gasteiger partial charge in [0.2, 0.25) is 0 Å². The van der Waals surface area contributed by atoms with Crippen LogP contribution >= 0.6 is 11.3 Å². The zero-order chi connectivity index (χ0) is 13.9. The number of rotatable bonds is 6. The number of nitrogens with one attached hydrogen (secondary N) is 1. The Kier molecular flexibility index (Phi) is 4.61. The van der Waals surface area contributed by atoms with Crippen LogP contribution < -0.4 is 5.32 Å². The fraction of sp³-hybridized carbons (Fsp3) is 0.500.